The number of hydrogen-bond donors (Lipinski definition) is 2. The molecular weight excluding hydrogens is 262 g/mol. The van der Waals surface area contributed by atoms with Gasteiger partial charge < -0.3 is 14.8 Å². The summed E-state index contributed by atoms with van der Waals surface area (Å²) in [7, 11) is 1.18. The molecule has 7 heteroatoms. The molecule has 0 aliphatic carbocycles. The van der Waals surface area contributed by atoms with Crippen molar-refractivity contribution in [3.8, 4) is 0 Å². The van der Waals surface area contributed by atoms with Gasteiger partial charge in [-0.2, -0.15) is 0 Å². The molecule has 0 aliphatic rings. The molecule has 1 rings (SSSR count). The number of rotatable bonds is 2. The van der Waals surface area contributed by atoms with E-state index in [-0.39, 0.29) is 12.6 Å². The second-order valence-electron chi connectivity index (χ2n) is 3.77. The van der Waals surface area contributed by atoms with E-state index in [1.54, 1.807) is 19.1 Å². The molecule has 2 N–H and O–H groups in total. The van der Waals surface area contributed by atoms with Gasteiger partial charge in [-0.05, 0) is 26.0 Å². The van der Waals surface area contributed by atoms with Gasteiger partial charge in [0.15, 0.2) is 0 Å². The minimum absolute atomic E-state index is 0.219. The summed E-state index contributed by atoms with van der Waals surface area (Å²) in [6, 6.07) is 6.46. The minimum atomic E-state index is -0.857. The molecule has 108 valence electrons. The Morgan fingerprint density at radius 3 is 2.45 bits per heavy atom. The average molecular weight is 279 g/mol. The van der Waals surface area contributed by atoms with Crippen molar-refractivity contribution < 1.29 is 19.1 Å². The number of amidine groups is 1. The molecule has 0 saturated heterocycles. The highest BCUT2D eigenvalue weighted by Gasteiger charge is 2.09. The number of benzene rings is 1. The van der Waals surface area contributed by atoms with Crippen LogP contribution < -0.4 is 10.6 Å². The topological polar surface area (TPSA) is 89.0 Å². The highest BCUT2D eigenvalue weighted by Crippen LogP contribution is 2.08. The summed E-state index contributed by atoms with van der Waals surface area (Å²) in [5.74, 6) is 0. The Labute approximate surface area is 117 Å². The molecule has 0 atom stereocenters. The van der Waals surface area contributed by atoms with Crippen LogP contribution in [0.2, 0.25) is 0 Å². The lowest BCUT2D eigenvalue weighted by Gasteiger charge is -2.09. The average Bonchev–Trinajstić information content (AvgIpc) is 2.41. The summed E-state index contributed by atoms with van der Waals surface area (Å²) < 4.78 is 9.38. The third kappa shape index (κ3) is 5.38. The van der Waals surface area contributed by atoms with Gasteiger partial charge in [0.2, 0.25) is 0 Å². The number of hydrogen-bond acceptors (Lipinski definition) is 4. The standard InChI is InChI=1S/C13H17N3O4/c1-4-20-12(16-13(18)19-3)15-11(17)14-10-7-5-9(2)6-8-10/h5-8H,4H2,1-3H3,(H2,14,15,16,17,18). The van der Waals surface area contributed by atoms with Crippen LogP contribution in [0.25, 0.3) is 0 Å². The number of carbonyl (C=O) groups excluding carboxylic acids is 2. The largest absolute Gasteiger partial charge is 0.465 e. The predicted molar refractivity (Wildman–Crippen MR) is 74.8 cm³/mol. The van der Waals surface area contributed by atoms with E-state index in [1.807, 2.05) is 19.1 Å². The first kappa shape index (κ1) is 15.5. The molecule has 0 unspecified atom stereocenters. The molecule has 1 aromatic carbocycles. The lowest BCUT2D eigenvalue weighted by Crippen LogP contribution is -2.36. The van der Waals surface area contributed by atoms with Crippen LogP contribution in [0, 0.1) is 6.92 Å². The molecule has 0 saturated carbocycles. The van der Waals surface area contributed by atoms with Gasteiger partial charge in [-0.1, -0.05) is 17.7 Å². The molecule has 0 aromatic heterocycles. The zero-order valence-electron chi connectivity index (χ0n) is 11.6. The van der Waals surface area contributed by atoms with Gasteiger partial charge in [-0.25, -0.2) is 9.59 Å². The molecule has 0 heterocycles. The Morgan fingerprint density at radius 1 is 1.25 bits per heavy atom. The van der Waals surface area contributed by atoms with Gasteiger partial charge in [-0.15, -0.1) is 4.99 Å². The summed E-state index contributed by atoms with van der Waals surface area (Å²) >= 11 is 0. The van der Waals surface area contributed by atoms with Gasteiger partial charge in [0.25, 0.3) is 0 Å². The number of carbonyl (C=O) groups is 2. The third-order valence-electron chi connectivity index (χ3n) is 2.18. The second-order valence-corrected chi connectivity index (χ2v) is 3.77. The van der Waals surface area contributed by atoms with E-state index in [0.29, 0.717) is 5.69 Å². The van der Waals surface area contributed by atoms with E-state index in [9.17, 15) is 9.59 Å². The summed E-state index contributed by atoms with van der Waals surface area (Å²) in [6.45, 7) is 3.90. The number of amides is 3. The molecular formula is C13H17N3O4. The molecule has 1 aromatic rings. The van der Waals surface area contributed by atoms with Crippen LogP contribution >= 0.6 is 0 Å². The van der Waals surface area contributed by atoms with Crippen LogP contribution in [0.4, 0.5) is 15.3 Å². The Bertz CT molecular complexity index is 497. The van der Waals surface area contributed by atoms with E-state index in [2.05, 4.69) is 20.4 Å². The van der Waals surface area contributed by atoms with Crippen LogP contribution in [-0.4, -0.2) is 31.9 Å². The van der Waals surface area contributed by atoms with Crippen LogP contribution in [0.15, 0.2) is 29.3 Å². The summed E-state index contributed by atoms with van der Waals surface area (Å²) in [5.41, 5.74) is 1.69. The van der Waals surface area contributed by atoms with Gasteiger partial charge >= 0.3 is 18.1 Å². The van der Waals surface area contributed by atoms with Crippen molar-refractivity contribution in [3.63, 3.8) is 0 Å². The quantitative estimate of drug-likeness (QED) is 0.642. The van der Waals surface area contributed by atoms with Crippen molar-refractivity contribution >= 4 is 23.8 Å². The summed E-state index contributed by atoms with van der Waals surface area (Å²) in [6.07, 6.45) is -0.857. The summed E-state index contributed by atoms with van der Waals surface area (Å²) in [5, 5.41) is 4.91. The lowest BCUT2D eigenvalue weighted by molar-refractivity contribution is 0.181. The number of urea groups is 1. The Hall–Kier alpha value is -2.57. The Morgan fingerprint density at radius 2 is 1.90 bits per heavy atom. The number of aliphatic imine (C=N–C) groups is 1. The molecule has 0 bridgehead atoms. The molecule has 0 fully saturated rings. The van der Waals surface area contributed by atoms with E-state index in [0.717, 1.165) is 5.56 Å². The number of nitrogens with one attached hydrogen (secondary N) is 2. The lowest BCUT2D eigenvalue weighted by atomic mass is 10.2. The third-order valence-corrected chi connectivity index (χ3v) is 2.18. The first-order valence-electron chi connectivity index (χ1n) is 5.99. The maximum Gasteiger partial charge on any atom is 0.437 e. The first-order chi connectivity index (χ1) is 9.55. The van der Waals surface area contributed by atoms with Crippen LogP contribution in [0.5, 0.6) is 0 Å². The van der Waals surface area contributed by atoms with E-state index < -0.39 is 12.1 Å². The molecule has 3 amide bonds. The normalized spacial score (nSPS) is 10.7. The van der Waals surface area contributed by atoms with Crippen molar-refractivity contribution in [2.24, 2.45) is 4.99 Å². The number of ether oxygens (including phenoxy) is 2. The number of aryl methyl sites for hydroxylation is 1. The fraction of sp³-hybridized carbons (Fsp3) is 0.308. The van der Waals surface area contributed by atoms with Crippen molar-refractivity contribution in [2.45, 2.75) is 13.8 Å². The number of nitrogens with zero attached hydrogens (tertiary/aromatic N) is 1. The Kier molecular flexibility index (Phi) is 6.02. The molecule has 7 nitrogen and oxygen atoms in total. The number of anilines is 1. The zero-order chi connectivity index (χ0) is 15.0. The smallest absolute Gasteiger partial charge is 0.437 e. The summed E-state index contributed by atoms with van der Waals surface area (Å²) in [4.78, 5) is 26.2. The minimum Gasteiger partial charge on any atom is -0.465 e. The van der Waals surface area contributed by atoms with Gasteiger partial charge in [0, 0.05) is 5.69 Å². The van der Waals surface area contributed by atoms with Crippen molar-refractivity contribution in [3.05, 3.63) is 29.8 Å². The van der Waals surface area contributed by atoms with Gasteiger partial charge in [0.1, 0.15) is 0 Å². The maximum absolute atomic E-state index is 11.7. The van der Waals surface area contributed by atoms with Crippen molar-refractivity contribution in [1.82, 2.24) is 5.32 Å². The SMILES string of the molecule is CCOC(=NC(=O)OC)NC(=O)Nc1ccc(C)cc1. The maximum atomic E-state index is 11.7. The molecule has 20 heavy (non-hydrogen) atoms. The van der Waals surface area contributed by atoms with E-state index in [4.69, 9.17) is 4.74 Å². The van der Waals surface area contributed by atoms with Crippen LogP contribution in [0.3, 0.4) is 0 Å². The monoisotopic (exact) mass is 279 g/mol. The molecule has 0 radical (unpaired) electrons. The Balaban J connectivity index is 2.64. The zero-order valence-corrected chi connectivity index (χ0v) is 11.6. The van der Waals surface area contributed by atoms with E-state index in [1.165, 1.54) is 7.11 Å². The predicted octanol–water partition coefficient (Wildman–Crippen LogP) is 2.28. The molecule has 0 spiro atoms. The fourth-order valence-corrected chi connectivity index (χ4v) is 1.26. The van der Waals surface area contributed by atoms with Crippen molar-refractivity contribution in [1.29, 1.82) is 0 Å². The highest BCUT2D eigenvalue weighted by molar-refractivity contribution is 6.02. The fourth-order valence-electron chi connectivity index (χ4n) is 1.26. The van der Waals surface area contributed by atoms with Crippen molar-refractivity contribution in [2.75, 3.05) is 19.0 Å². The van der Waals surface area contributed by atoms with Crippen LogP contribution in [-0.2, 0) is 9.47 Å². The highest BCUT2D eigenvalue weighted by atomic mass is 16.5. The van der Waals surface area contributed by atoms with Gasteiger partial charge in [-0.3, -0.25) is 5.32 Å². The first-order valence-corrected chi connectivity index (χ1v) is 5.99. The van der Waals surface area contributed by atoms with Crippen LogP contribution in [0.1, 0.15) is 12.5 Å². The molecule has 0 aliphatic heterocycles. The number of methoxy groups -OCH3 is 1. The van der Waals surface area contributed by atoms with E-state index >= 15 is 0 Å². The second kappa shape index (κ2) is 7.78. The van der Waals surface area contributed by atoms with Gasteiger partial charge in [0.05, 0.1) is 13.7 Å².